The summed E-state index contributed by atoms with van der Waals surface area (Å²) >= 11 is 0. The Hall–Kier alpha value is -4.44. The SMILES string of the molecule is Nc1ccccc1-c1c(-c2ccc(O)cc2)c2ccccc(N)c-2c1-c1ccc(O)cc1. The van der Waals surface area contributed by atoms with Gasteiger partial charge in [-0.1, -0.05) is 60.7 Å². The van der Waals surface area contributed by atoms with Crippen molar-refractivity contribution < 1.29 is 10.2 Å². The number of nitrogen functional groups attached to an aromatic ring is 2. The van der Waals surface area contributed by atoms with E-state index in [-0.39, 0.29) is 11.5 Å². The van der Waals surface area contributed by atoms with Crippen LogP contribution >= 0.6 is 0 Å². The molecule has 3 aromatic carbocycles. The molecule has 2 aliphatic carbocycles. The maximum Gasteiger partial charge on any atom is 0.115 e. The molecule has 4 nitrogen and oxygen atoms in total. The molecule has 0 heterocycles. The third-order valence-corrected chi connectivity index (χ3v) is 5.77. The van der Waals surface area contributed by atoms with E-state index in [1.807, 2.05) is 66.7 Å². The minimum Gasteiger partial charge on any atom is -0.508 e. The molecule has 2 aliphatic rings. The third kappa shape index (κ3) is 3.19. The molecule has 0 saturated heterocycles. The van der Waals surface area contributed by atoms with E-state index < -0.39 is 0 Å². The number of rotatable bonds is 3. The van der Waals surface area contributed by atoms with Crippen molar-refractivity contribution in [2.24, 2.45) is 0 Å². The lowest BCUT2D eigenvalue weighted by Gasteiger charge is -2.13. The molecule has 5 rings (SSSR count). The highest BCUT2D eigenvalue weighted by Gasteiger charge is 2.28. The second-order valence-corrected chi connectivity index (χ2v) is 7.77. The molecule has 0 atom stereocenters. The fourth-order valence-electron chi connectivity index (χ4n) is 4.34. The van der Waals surface area contributed by atoms with Crippen LogP contribution in [0.4, 0.5) is 11.4 Å². The Kier molecular flexibility index (Phi) is 4.68. The summed E-state index contributed by atoms with van der Waals surface area (Å²) in [6.45, 7) is 0. The first-order valence-corrected chi connectivity index (χ1v) is 10.3. The number of phenols is 2. The highest BCUT2D eigenvalue weighted by Crippen LogP contribution is 2.55. The van der Waals surface area contributed by atoms with Gasteiger partial charge in [0.1, 0.15) is 11.5 Å². The summed E-state index contributed by atoms with van der Waals surface area (Å²) in [6.07, 6.45) is 0. The number of fused-ring (bicyclic) bond motifs is 1. The first kappa shape index (κ1) is 19.5. The second-order valence-electron chi connectivity index (χ2n) is 7.77. The number of hydrogen-bond acceptors (Lipinski definition) is 4. The molecule has 0 aromatic heterocycles. The Morgan fingerprint density at radius 2 is 0.875 bits per heavy atom. The highest BCUT2D eigenvalue weighted by atomic mass is 16.3. The molecule has 0 aliphatic heterocycles. The Labute approximate surface area is 186 Å². The van der Waals surface area contributed by atoms with Crippen LogP contribution in [0.25, 0.3) is 44.5 Å². The molecule has 4 heteroatoms. The predicted molar refractivity (Wildman–Crippen MR) is 132 cm³/mol. The lowest BCUT2D eigenvalue weighted by Crippen LogP contribution is -1.92. The molecule has 6 N–H and O–H groups in total. The smallest absolute Gasteiger partial charge is 0.115 e. The maximum absolute atomic E-state index is 9.88. The van der Waals surface area contributed by atoms with Crippen molar-refractivity contribution in [3.63, 3.8) is 0 Å². The van der Waals surface area contributed by atoms with Gasteiger partial charge in [-0.05, 0) is 58.7 Å². The second kappa shape index (κ2) is 7.67. The Bertz CT molecular complexity index is 1390. The summed E-state index contributed by atoms with van der Waals surface area (Å²) < 4.78 is 0. The van der Waals surface area contributed by atoms with Crippen molar-refractivity contribution in [2.45, 2.75) is 0 Å². The van der Waals surface area contributed by atoms with Crippen LogP contribution in [0.1, 0.15) is 0 Å². The standard InChI is InChI=1S/C28H22N2O2/c29-23-7-3-1-5-21(23)28-25(17-9-13-19(31)14-10-17)22-6-2-4-8-24(30)27(22)26(28)18-11-15-20(32)16-12-18/h1-16,31-32H,29-30H2. The van der Waals surface area contributed by atoms with Crippen LogP contribution in [0.15, 0.2) is 97.1 Å². The molecule has 3 aromatic rings. The molecular formula is C28H22N2O2. The maximum atomic E-state index is 9.88. The van der Waals surface area contributed by atoms with Gasteiger partial charge in [0.25, 0.3) is 0 Å². The average molecular weight is 418 g/mol. The predicted octanol–water partition coefficient (Wildman–Crippen LogP) is 6.37. The number of hydrogen-bond donors (Lipinski definition) is 4. The normalized spacial score (nSPS) is 11.0. The van der Waals surface area contributed by atoms with E-state index >= 15 is 0 Å². The molecule has 0 radical (unpaired) electrons. The van der Waals surface area contributed by atoms with Gasteiger partial charge in [0.2, 0.25) is 0 Å². The van der Waals surface area contributed by atoms with Gasteiger partial charge in [-0.25, -0.2) is 0 Å². The summed E-state index contributed by atoms with van der Waals surface area (Å²) in [4.78, 5) is 0. The lowest BCUT2D eigenvalue weighted by atomic mass is 9.92. The van der Waals surface area contributed by atoms with Crippen LogP contribution in [0, 0.1) is 0 Å². The summed E-state index contributed by atoms with van der Waals surface area (Å²) in [5.74, 6) is 0.400. The van der Waals surface area contributed by atoms with E-state index in [4.69, 9.17) is 11.5 Å². The van der Waals surface area contributed by atoms with Gasteiger partial charge in [0, 0.05) is 33.6 Å². The van der Waals surface area contributed by atoms with Gasteiger partial charge >= 0.3 is 0 Å². The number of nitrogens with two attached hydrogens (primary N) is 2. The molecule has 156 valence electrons. The van der Waals surface area contributed by atoms with Gasteiger partial charge in [0.15, 0.2) is 0 Å². The average Bonchev–Trinajstić information content (AvgIpc) is 3.01. The quantitative estimate of drug-likeness (QED) is 0.256. The zero-order valence-electron chi connectivity index (χ0n) is 17.3. The fraction of sp³-hybridized carbons (Fsp3) is 0. The van der Waals surface area contributed by atoms with Crippen LogP contribution in [-0.4, -0.2) is 10.2 Å². The number of aromatic hydroxyl groups is 2. The van der Waals surface area contributed by atoms with Gasteiger partial charge in [-0.3, -0.25) is 0 Å². The molecule has 0 bridgehead atoms. The van der Waals surface area contributed by atoms with Crippen LogP contribution in [-0.2, 0) is 0 Å². The largest absolute Gasteiger partial charge is 0.508 e. The van der Waals surface area contributed by atoms with Crippen molar-refractivity contribution >= 4 is 11.4 Å². The van der Waals surface area contributed by atoms with Crippen LogP contribution in [0.2, 0.25) is 0 Å². The number of phenolic OH excluding ortho intramolecular Hbond substituents is 2. The van der Waals surface area contributed by atoms with Crippen LogP contribution < -0.4 is 11.5 Å². The van der Waals surface area contributed by atoms with Crippen LogP contribution in [0.5, 0.6) is 11.5 Å². The van der Waals surface area contributed by atoms with Crippen molar-refractivity contribution in [3.8, 4) is 56.0 Å². The van der Waals surface area contributed by atoms with E-state index in [1.165, 1.54) is 0 Å². The van der Waals surface area contributed by atoms with E-state index in [0.29, 0.717) is 11.4 Å². The van der Waals surface area contributed by atoms with E-state index in [1.54, 1.807) is 24.3 Å². The fourth-order valence-corrected chi connectivity index (χ4v) is 4.34. The van der Waals surface area contributed by atoms with E-state index in [2.05, 4.69) is 6.07 Å². The summed E-state index contributed by atoms with van der Waals surface area (Å²) in [5.41, 5.74) is 21.9. The van der Waals surface area contributed by atoms with Crippen molar-refractivity contribution in [2.75, 3.05) is 11.5 Å². The summed E-state index contributed by atoms with van der Waals surface area (Å²) in [7, 11) is 0. The van der Waals surface area contributed by atoms with Crippen molar-refractivity contribution in [1.82, 2.24) is 0 Å². The Balaban J connectivity index is 2.00. The molecule has 32 heavy (non-hydrogen) atoms. The van der Waals surface area contributed by atoms with Gasteiger partial charge in [-0.15, -0.1) is 0 Å². The van der Waals surface area contributed by atoms with E-state index in [0.717, 1.165) is 44.5 Å². The Morgan fingerprint density at radius 3 is 1.44 bits per heavy atom. The topological polar surface area (TPSA) is 92.5 Å². The van der Waals surface area contributed by atoms with Gasteiger partial charge in [-0.2, -0.15) is 0 Å². The summed E-state index contributed by atoms with van der Waals surface area (Å²) in [5, 5.41) is 19.8. The highest BCUT2D eigenvalue weighted by molar-refractivity contribution is 6.14. The van der Waals surface area contributed by atoms with Crippen LogP contribution in [0.3, 0.4) is 0 Å². The molecule has 0 saturated carbocycles. The van der Waals surface area contributed by atoms with Crippen molar-refractivity contribution in [3.05, 3.63) is 97.1 Å². The monoisotopic (exact) mass is 418 g/mol. The molecule has 0 spiro atoms. The Morgan fingerprint density at radius 1 is 0.406 bits per heavy atom. The zero-order chi connectivity index (χ0) is 22.2. The third-order valence-electron chi connectivity index (χ3n) is 5.77. The zero-order valence-corrected chi connectivity index (χ0v) is 17.3. The lowest BCUT2D eigenvalue weighted by molar-refractivity contribution is 0.475. The minimum absolute atomic E-state index is 0.197. The van der Waals surface area contributed by atoms with Gasteiger partial charge in [0.05, 0.1) is 0 Å². The summed E-state index contributed by atoms with van der Waals surface area (Å²) in [6, 6.07) is 29.9. The minimum atomic E-state index is 0.197. The molecule has 0 amide bonds. The van der Waals surface area contributed by atoms with Crippen molar-refractivity contribution in [1.29, 1.82) is 0 Å². The molecule has 0 fully saturated rings. The number of benzene rings is 3. The molecular weight excluding hydrogens is 396 g/mol. The number of anilines is 2. The van der Waals surface area contributed by atoms with E-state index in [9.17, 15) is 10.2 Å². The molecule has 0 unspecified atom stereocenters. The first-order chi connectivity index (χ1) is 15.5. The number of para-hydroxylation sites is 1. The van der Waals surface area contributed by atoms with Gasteiger partial charge < -0.3 is 21.7 Å². The first-order valence-electron chi connectivity index (χ1n) is 10.3.